The third kappa shape index (κ3) is 5.28. The normalized spacial score (nSPS) is 13.9. The molecule has 0 aliphatic carbocycles. The van der Waals surface area contributed by atoms with Gasteiger partial charge in [-0.3, -0.25) is 0 Å². The van der Waals surface area contributed by atoms with Crippen LogP contribution in [-0.2, 0) is 16.4 Å². The summed E-state index contributed by atoms with van der Waals surface area (Å²) in [6.45, 7) is 6.15. The van der Waals surface area contributed by atoms with Crippen LogP contribution in [0.15, 0.2) is 29.2 Å². The number of alkyl halides is 1. The standard InChI is InChI=1S/C16H26ClNO2S/c1-13(2)12-14(3)18(4)21(19,20)16-9-7-15(8-10-16)6-5-11-17/h7-10,13-14H,5-6,11-12H2,1-4H3. The van der Waals surface area contributed by atoms with Gasteiger partial charge < -0.3 is 0 Å². The van der Waals surface area contributed by atoms with Gasteiger partial charge in [-0.05, 0) is 49.8 Å². The van der Waals surface area contributed by atoms with Gasteiger partial charge in [0.25, 0.3) is 0 Å². The summed E-state index contributed by atoms with van der Waals surface area (Å²) in [5.41, 5.74) is 1.12. The van der Waals surface area contributed by atoms with Crippen molar-refractivity contribution in [1.29, 1.82) is 0 Å². The number of nitrogens with zero attached hydrogens (tertiary/aromatic N) is 1. The Morgan fingerprint density at radius 2 is 1.71 bits per heavy atom. The Kier molecular flexibility index (Phi) is 7.17. The summed E-state index contributed by atoms with van der Waals surface area (Å²) in [6, 6.07) is 7.13. The first-order valence-electron chi connectivity index (χ1n) is 7.42. The highest BCUT2D eigenvalue weighted by Gasteiger charge is 2.25. The fourth-order valence-electron chi connectivity index (χ4n) is 2.33. The molecule has 0 bridgehead atoms. The SMILES string of the molecule is CC(C)CC(C)N(C)S(=O)(=O)c1ccc(CCCCl)cc1. The van der Waals surface area contributed by atoms with Crippen LogP contribution in [0.1, 0.15) is 39.2 Å². The number of sulfonamides is 1. The predicted octanol–water partition coefficient (Wildman–Crippen LogP) is 3.91. The Hall–Kier alpha value is -0.580. The van der Waals surface area contributed by atoms with E-state index in [1.807, 2.05) is 19.1 Å². The van der Waals surface area contributed by atoms with E-state index in [0.717, 1.165) is 24.8 Å². The predicted molar refractivity (Wildman–Crippen MR) is 89.3 cm³/mol. The lowest BCUT2D eigenvalue weighted by molar-refractivity contribution is 0.338. The molecule has 120 valence electrons. The quantitative estimate of drug-likeness (QED) is 0.677. The zero-order valence-electron chi connectivity index (χ0n) is 13.3. The van der Waals surface area contributed by atoms with E-state index < -0.39 is 10.0 Å². The third-order valence-electron chi connectivity index (χ3n) is 3.63. The average molecular weight is 332 g/mol. The van der Waals surface area contributed by atoms with Crippen LogP contribution >= 0.6 is 11.6 Å². The molecule has 1 aromatic rings. The van der Waals surface area contributed by atoms with Crippen molar-refractivity contribution in [2.75, 3.05) is 12.9 Å². The summed E-state index contributed by atoms with van der Waals surface area (Å²) in [4.78, 5) is 0.357. The molecule has 0 amide bonds. The molecule has 0 N–H and O–H groups in total. The molecule has 0 heterocycles. The van der Waals surface area contributed by atoms with Crippen molar-refractivity contribution < 1.29 is 8.42 Å². The molecule has 1 rings (SSSR count). The van der Waals surface area contributed by atoms with Gasteiger partial charge in [0.15, 0.2) is 0 Å². The zero-order chi connectivity index (χ0) is 16.0. The van der Waals surface area contributed by atoms with Gasteiger partial charge in [-0.25, -0.2) is 8.42 Å². The van der Waals surface area contributed by atoms with E-state index in [0.29, 0.717) is 16.7 Å². The van der Waals surface area contributed by atoms with Crippen molar-refractivity contribution in [1.82, 2.24) is 4.31 Å². The Labute approximate surface area is 134 Å². The Bertz CT molecular complexity index is 526. The summed E-state index contributed by atoms with van der Waals surface area (Å²) in [7, 11) is -1.76. The zero-order valence-corrected chi connectivity index (χ0v) is 14.9. The van der Waals surface area contributed by atoms with E-state index >= 15 is 0 Å². The molecule has 0 fully saturated rings. The topological polar surface area (TPSA) is 37.4 Å². The summed E-state index contributed by atoms with van der Waals surface area (Å²) < 4.78 is 26.6. The minimum Gasteiger partial charge on any atom is -0.207 e. The summed E-state index contributed by atoms with van der Waals surface area (Å²) in [5.74, 6) is 1.09. The molecule has 5 heteroatoms. The van der Waals surface area contributed by atoms with Crippen molar-refractivity contribution in [3.8, 4) is 0 Å². The van der Waals surface area contributed by atoms with Crippen LogP contribution in [0, 0.1) is 5.92 Å². The number of rotatable bonds is 8. The first kappa shape index (κ1) is 18.5. The maximum atomic E-state index is 12.6. The van der Waals surface area contributed by atoms with Gasteiger partial charge in [0, 0.05) is 19.0 Å². The maximum Gasteiger partial charge on any atom is 0.243 e. The molecule has 1 unspecified atom stereocenters. The number of hydrogen-bond donors (Lipinski definition) is 0. The maximum absolute atomic E-state index is 12.6. The summed E-state index contributed by atoms with van der Waals surface area (Å²) in [6.07, 6.45) is 2.63. The highest BCUT2D eigenvalue weighted by Crippen LogP contribution is 2.20. The highest BCUT2D eigenvalue weighted by atomic mass is 35.5. The van der Waals surface area contributed by atoms with Crippen molar-refractivity contribution in [2.24, 2.45) is 5.92 Å². The van der Waals surface area contributed by atoms with Gasteiger partial charge in [0.1, 0.15) is 0 Å². The van der Waals surface area contributed by atoms with Gasteiger partial charge in [-0.15, -0.1) is 11.6 Å². The third-order valence-corrected chi connectivity index (χ3v) is 5.89. The van der Waals surface area contributed by atoms with Crippen LogP contribution in [0.3, 0.4) is 0 Å². The number of benzene rings is 1. The monoisotopic (exact) mass is 331 g/mol. The Balaban J connectivity index is 2.86. The van der Waals surface area contributed by atoms with E-state index in [4.69, 9.17) is 11.6 Å². The van der Waals surface area contributed by atoms with Crippen molar-refractivity contribution in [2.45, 2.75) is 51.0 Å². The summed E-state index contributed by atoms with van der Waals surface area (Å²) >= 11 is 5.67. The van der Waals surface area contributed by atoms with E-state index in [9.17, 15) is 8.42 Å². The molecule has 3 nitrogen and oxygen atoms in total. The number of hydrogen-bond acceptors (Lipinski definition) is 2. The van der Waals surface area contributed by atoms with Crippen molar-refractivity contribution in [3.63, 3.8) is 0 Å². The molecule has 1 atom stereocenters. The molecule has 21 heavy (non-hydrogen) atoms. The molecular weight excluding hydrogens is 306 g/mol. The van der Waals surface area contributed by atoms with Gasteiger partial charge in [-0.1, -0.05) is 26.0 Å². The average Bonchev–Trinajstić information content (AvgIpc) is 2.43. The summed E-state index contributed by atoms with van der Waals surface area (Å²) in [5, 5.41) is 0. The Morgan fingerprint density at radius 3 is 2.19 bits per heavy atom. The van der Waals surface area contributed by atoms with E-state index in [-0.39, 0.29) is 6.04 Å². The highest BCUT2D eigenvalue weighted by molar-refractivity contribution is 7.89. The fourth-order valence-corrected chi connectivity index (χ4v) is 3.84. The van der Waals surface area contributed by atoms with Crippen LogP contribution < -0.4 is 0 Å². The molecule has 0 radical (unpaired) electrons. The lowest BCUT2D eigenvalue weighted by Crippen LogP contribution is -2.35. The lowest BCUT2D eigenvalue weighted by atomic mass is 10.1. The van der Waals surface area contributed by atoms with Crippen LogP contribution in [0.25, 0.3) is 0 Å². The largest absolute Gasteiger partial charge is 0.243 e. The minimum atomic E-state index is -3.41. The van der Waals surface area contributed by atoms with Crippen LogP contribution in [-0.4, -0.2) is 31.7 Å². The molecule has 1 aromatic carbocycles. The molecule has 0 saturated carbocycles. The van der Waals surface area contributed by atoms with Gasteiger partial charge in [-0.2, -0.15) is 4.31 Å². The number of aryl methyl sites for hydroxylation is 1. The fraction of sp³-hybridized carbons (Fsp3) is 0.625. The minimum absolute atomic E-state index is 0.00840. The smallest absolute Gasteiger partial charge is 0.207 e. The van der Waals surface area contributed by atoms with E-state index in [1.165, 1.54) is 4.31 Å². The first-order valence-corrected chi connectivity index (χ1v) is 9.39. The van der Waals surface area contributed by atoms with Crippen molar-refractivity contribution in [3.05, 3.63) is 29.8 Å². The second-order valence-electron chi connectivity index (χ2n) is 5.94. The molecule has 0 spiro atoms. The van der Waals surface area contributed by atoms with Crippen LogP contribution in [0.5, 0.6) is 0 Å². The lowest BCUT2D eigenvalue weighted by Gasteiger charge is -2.25. The van der Waals surface area contributed by atoms with Crippen molar-refractivity contribution >= 4 is 21.6 Å². The van der Waals surface area contributed by atoms with Crippen LogP contribution in [0.4, 0.5) is 0 Å². The van der Waals surface area contributed by atoms with Gasteiger partial charge >= 0.3 is 0 Å². The molecule has 0 aliphatic rings. The molecule has 0 saturated heterocycles. The van der Waals surface area contributed by atoms with E-state index in [1.54, 1.807) is 19.2 Å². The molecular formula is C16H26ClNO2S. The Morgan fingerprint density at radius 1 is 1.14 bits per heavy atom. The second-order valence-corrected chi connectivity index (χ2v) is 8.31. The molecule has 0 aromatic heterocycles. The first-order chi connectivity index (χ1) is 9.78. The number of halogens is 1. The van der Waals surface area contributed by atoms with Gasteiger partial charge in [0.05, 0.1) is 4.90 Å². The van der Waals surface area contributed by atoms with E-state index in [2.05, 4.69) is 13.8 Å². The van der Waals surface area contributed by atoms with Crippen LogP contribution in [0.2, 0.25) is 0 Å². The van der Waals surface area contributed by atoms with Gasteiger partial charge in [0.2, 0.25) is 10.0 Å². The second kappa shape index (κ2) is 8.16. The molecule has 0 aliphatic heterocycles.